The fraction of sp³-hybridized carbons (Fsp3) is 0.294. The molecule has 0 bridgehead atoms. The largest absolute Gasteiger partial charge is 0.480 e. The molecule has 3 aromatic carbocycles. The van der Waals surface area contributed by atoms with Crippen molar-refractivity contribution in [3.05, 3.63) is 120 Å². The third-order valence-electron chi connectivity index (χ3n) is 7.11. The average molecular weight is 590 g/mol. The number of hydrogen-bond donors (Lipinski definition) is 3. The summed E-state index contributed by atoms with van der Waals surface area (Å²) in [6.45, 7) is 6.89. The number of carboxylic acid groups (broad SMARTS) is 1. The number of nitrogens with one attached hydrogen (secondary N) is 2. The minimum atomic E-state index is -1.18. The van der Waals surface area contributed by atoms with Crippen LogP contribution in [0.2, 0.25) is 0 Å². The van der Waals surface area contributed by atoms with Gasteiger partial charge in [-0.2, -0.15) is 0 Å². The number of rotatable bonds is 12. The van der Waals surface area contributed by atoms with Crippen molar-refractivity contribution in [3.63, 3.8) is 0 Å². The quantitative estimate of drug-likeness (QED) is 0.167. The summed E-state index contributed by atoms with van der Waals surface area (Å²) in [7, 11) is 0. The van der Waals surface area contributed by atoms with Gasteiger partial charge >= 0.3 is 12.1 Å². The van der Waals surface area contributed by atoms with E-state index in [9.17, 15) is 23.5 Å². The molecular formula is C34H37F2N3O4. The molecule has 1 amide bonds. The van der Waals surface area contributed by atoms with Gasteiger partial charge in [-0.05, 0) is 53.8 Å². The van der Waals surface area contributed by atoms with E-state index in [1.165, 1.54) is 6.07 Å². The van der Waals surface area contributed by atoms with Crippen LogP contribution in [0.25, 0.3) is 11.1 Å². The number of aliphatic carboxylic acids is 1. The highest BCUT2D eigenvalue weighted by atomic mass is 19.1. The van der Waals surface area contributed by atoms with Gasteiger partial charge in [0, 0.05) is 29.6 Å². The Morgan fingerprint density at radius 2 is 1.58 bits per heavy atom. The third-order valence-corrected chi connectivity index (χ3v) is 7.11. The summed E-state index contributed by atoms with van der Waals surface area (Å²) in [5.74, 6) is -2.24. The Kier molecular flexibility index (Phi) is 10.3. The van der Waals surface area contributed by atoms with Gasteiger partial charge in [-0.15, -0.1) is 0 Å². The Morgan fingerprint density at radius 3 is 2.21 bits per heavy atom. The average Bonchev–Trinajstić information content (AvgIpc) is 3.37. The second-order valence-electron chi connectivity index (χ2n) is 11.5. The highest BCUT2D eigenvalue weighted by Gasteiger charge is 2.30. The SMILES string of the molecule is CC(C)(C)[C@@H](NCC[C@H](NC(=O)OCc1ccccc1)C(=O)O)c1cc(-c2cc(F)ccc2F)cn1Cc1ccccc1. The van der Waals surface area contributed by atoms with E-state index in [0.29, 0.717) is 12.1 Å². The number of benzene rings is 3. The maximum atomic E-state index is 14.8. The van der Waals surface area contributed by atoms with Crippen molar-refractivity contribution in [3.8, 4) is 11.1 Å². The van der Waals surface area contributed by atoms with Crippen LogP contribution in [-0.2, 0) is 22.7 Å². The molecule has 7 nitrogen and oxygen atoms in total. The molecule has 0 radical (unpaired) electrons. The van der Waals surface area contributed by atoms with Gasteiger partial charge in [-0.3, -0.25) is 0 Å². The Balaban J connectivity index is 1.53. The first kappa shape index (κ1) is 31.4. The highest BCUT2D eigenvalue weighted by molar-refractivity contribution is 5.79. The summed E-state index contributed by atoms with van der Waals surface area (Å²) in [5, 5.41) is 15.7. The molecule has 4 aromatic rings. The summed E-state index contributed by atoms with van der Waals surface area (Å²) in [6.07, 6.45) is 1.08. The Bertz CT molecular complexity index is 1520. The van der Waals surface area contributed by atoms with Crippen LogP contribution in [0, 0.1) is 17.0 Å². The lowest BCUT2D eigenvalue weighted by atomic mass is 9.84. The van der Waals surface area contributed by atoms with E-state index >= 15 is 0 Å². The lowest BCUT2D eigenvalue weighted by Crippen LogP contribution is -2.44. The molecule has 0 saturated heterocycles. The third kappa shape index (κ3) is 8.75. The Hall–Kier alpha value is -4.50. The molecule has 0 fully saturated rings. The van der Waals surface area contributed by atoms with Crippen LogP contribution < -0.4 is 10.6 Å². The van der Waals surface area contributed by atoms with E-state index in [4.69, 9.17) is 4.74 Å². The van der Waals surface area contributed by atoms with Crippen LogP contribution in [-0.4, -0.2) is 34.3 Å². The van der Waals surface area contributed by atoms with Crippen LogP contribution in [0.1, 0.15) is 50.1 Å². The monoisotopic (exact) mass is 589 g/mol. The van der Waals surface area contributed by atoms with Crippen LogP contribution in [0.15, 0.2) is 91.1 Å². The fourth-order valence-corrected chi connectivity index (χ4v) is 4.94. The van der Waals surface area contributed by atoms with Gasteiger partial charge in [0.2, 0.25) is 0 Å². The van der Waals surface area contributed by atoms with Crippen molar-refractivity contribution in [1.29, 1.82) is 0 Å². The summed E-state index contributed by atoms with van der Waals surface area (Å²) in [5.41, 5.74) is 2.98. The molecule has 3 N–H and O–H groups in total. The second kappa shape index (κ2) is 14.1. The van der Waals surface area contributed by atoms with Crippen molar-refractivity contribution >= 4 is 12.1 Å². The van der Waals surface area contributed by atoms with Crippen molar-refractivity contribution in [2.75, 3.05) is 6.54 Å². The van der Waals surface area contributed by atoms with Gasteiger partial charge in [-0.1, -0.05) is 81.4 Å². The smallest absolute Gasteiger partial charge is 0.408 e. The number of aromatic nitrogens is 1. The molecule has 0 spiro atoms. The minimum Gasteiger partial charge on any atom is -0.480 e. The highest BCUT2D eigenvalue weighted by Crippen LogP contribution is 2.37. The van der Waals surface area contributed by atoms with Crippen molar-refractivity contribution < 1.29 is 28.2 Å². The first-order chi connectivity index (χ1) is 20.5. The molecule has 4 rings (SSSR count). The Labute approximate surface area is 250 Å². The van der Waals surface area contributed by atoms with Crippen molar-refractivity contribution in [2.24, 2.45) is 5.41 Å². The van der Waals surface area contributed by atoms with Gasteiger partial charge in [0.15, 0.2) is 0 Å². The normalized spacial score (nSPS) is 12.9. The summed E-state index contributed by atoms with van der Waals surface area (Å²) < 4.78 is 36.1. The molecule has 0 aliphatic rings. The molecule has 0 unspecified atom stereocenters. The molecule has 0 aliphatic heterocycles. The number of ether oxygens (including phenoxy) is 1. The van der Waals surface area contributed by atoms with E-state index in [2.05, 4.69) is 10.6 Å². The Morgan fingerprint density at radius 1 is 0.930 bits per heavy atom. The van der Waals surface area contributed by atoms with Crippen LogP contribution in [0.5, 0.6) is 0 Å². The number of nitrogens with zero attached hydrogens (tertiary/aromatic N) is 1. The molecule has 9 heteroatoms. The predicted molar refractivity (Wildman–Crippen MR) is 161 cm³/mol. The predicted octanol–water partition coefficient (Wildman–Crippen LogP) is 6.93. The number of alkyl carbamates (subject to hydrolysis) is 1. The molecule has 1 aromatic heterocycles. The minimum absolute atomic E-state index is 0.0238. The number of carbonyl (C=O) groups excluding carboxylic acids is 1. The standard InChI is InChI=1S/C34H37F2N3O4/c1-34(2,3)31(37-17-16-29(32(40)41)38-33(42)43-22-24-12-8-5-9-13-24)30-18-25(27-19-26(35)14-15-28(27)36)21-39(30)20-23-10-6-4-7-11-23/h4-15,18-19,21,29,31,37H,16-17,20,22H2,1-3H3,(H,38,42)(H,40,41)/t29-,31-/m0/s1. The zero-order valence-corrected chi connectivity index (χ0v) is 24.5. The molecule has 0 aliphatic carbocycles. The lowest BCUT2D eigenvalue weighted by Gasteiger charge is -2.33. The van der Waals surface area contributed by atoms with Gasteiger partial charge in [0.25, 0.3) is 0 Å². The van der Waals surface area contributed by atoms with E-state index in [1.807, 2.05) is 86.1 Å². The number of carbonyl (C=O) groups is 2. The lowest BCUT2D eigenvalue weighted by molar-refractivity contribution is -0.139. The fourth-order valence-electron chi connectivity index (χ4n) is 4.94. The van der Waals surface area contributed by atoms with Gasteiger partial charge < -0.3 is 25.0 Å². The van der Waals surface area contributed by atoms with Crippen LogP contribution in [0.3, 0.4) is 0 Å². The number of hydrogen-bond acceptors (Lipinski definition) is 4. The molecule has 1 heterocycles. The van der Waals surface area contributed by atoms with Crippen molar-refractivity contribution in [1.82, 2.24) is 15.2 Å². The van der Waals surface area contributed by atoms with Crippen molar-refractivity contribution in [2.45, 2.75) is 52.4 Å². The number of amides is 1. The molecular weight excluding hydrogens is 552 g/mol. The molecule has 0 saturated carbocycles. The van der Waals surface area contributed by atoms with Gasteiger partial charge in [-0.25, -0.2) is 18.4 Å². The molecule has 2 atom stereocenters. The molecule has 43 heavy (non-hydrogen) atoms. The van der Waals surface area contributed by atoms with E-state index in [0.717, 1.165) is 29.0 Å². The molecule has 226 valence electrons. The topological polar surface area (TPSA) is 92.6 Å². The van der Waals surface area contributed by atoms with Gasteiger partial charge in [0.05, 0.1) is 6.04 Å². The maximum absolute atomic E-state index is 14.8. The zero-order chi connectivity index (χ0) is 31.0. The van der Waals surface area contributed by atoms with E-state index < -0.39 is 29.7 Å². The number of halogens is 2. The van der Waals surface area contributed by atoms with Crippen LogP contribution in [0.4, 0.5) is 13.6 Å². The van der Waals surface area contributed by atoms with Gasteiger partial charge in [0.1, 0.15) is 24.3 Å². The summed E-state index contributed by atoms with van der Waals surface area (Å²) in [4.78, 5) is 24.3. The first-order valence-electron chi connectivity index (χ1n) is 14.1. The zero-order valence-electron chi connectivity index (χ0n) is 24.5. The number of carboxylic acids is 1. The first-order valence-corrected chi connectivity index (χ1v) is 14.1. The summed E-state index contributed by atoms with van der Waals surface area (Å²) in [6, 6.07) is 22.6. The summed E-state index contributed by atoms with van der Waals surface area (Å²) >= 11 is 0. The van der Waals surface area contributed by atoms with E-state index in [1.54, 1.807) is 12.1 Å². The maximum Gasteiger partial charge on any atom is 0.408 e. The van der Waals surface area contributed by atoms with E-state index in [-0.39, 0.29) is 36.6 Å². The second-order valence-corrected chi connectivity index (χ2v) is 11.5. The van der Waals surface area contributed by atoms with Crippen LogP contribution >= 0.6 is 0 Å².